The number of nitrogens with zero attached hydrogens (tertiary/aromatic N) is 3. The summed E-state index contributed by atoms with van der Waals surface area (Å²) in [6, 6.07) is 15.1. The number of nitrogens with one attached hydrogen (secondary N) is 1. The minimum absolute atomic E-state index is 0.241. The zero-order valence-electron chi connectivity index (χ0n) is 15.0. The van der Waals surface area contributed by atoms with Crippen molar-refractivity contribution in [1.29, 1.82) is 0 Å². The maximum Gasteiger partial charge on any atom is 0.338 e. The molecule has 4 rings (SSSR count). The largest absolute Gasteiger partial charge is 0.449 e. The quantitative estimate of drug-likeness (QED) is 0.678. The Hall–Kier alpha value is -3.22. The zero-order chi connectivity index (χ0) is 18.8. The van der Waals surface area contributed by atoms with Crippen LogP contribution in [0.5, 0.6) is 0 Å². The maximum absolute atomic E-state index is 12.2. The predicted molar refractivity (Wildman–Crippen MR) is 99.1 cm³/mol. The first-order chi connectivity index (χ1) is 13.1. The van der Waals surface area contributed by atoms with Gasteiger partial charge in [0.1, 0.15) is 5.52 Å². The Balaban J connectivity index is 1.39. The standard InChI is InChI=1S/C20H20N4O3/c1-13(19(25)21-16-10-11-16)27-20(26)15-8-6-14(7-9-15)12-24-18-5-3-2-4-17(18)22-23-24/h2-9,13,16H,10-12H2,1H3,(H,21,25)/t13-/m0/s1. The molecule has 1 aliphatic rings. The Morgan fingerprint density at radius 3 is 2.67 bits per heavy atom. The van der Waals surface area contributed by atoms with Crippen LogP contribution in [0.4, 0.5) is 0 Å². The minimum atomic E-state index is -0.806. The summed E-state index contributed by atoms with van der Waals surface area (Å²) in [5.41, 5.74) is 3.20. The third-order valence-electron chi connectivity index (χ3n) is 4.52. The average Bonchev–Trinajstić information content (AvgIpc) is 3.41. The summed E-state index contributed by atoms with van der Waals surface area (Å²) in [5.74, 6) is -0.758. The van der Waals surface area contributed by atoms with Crippen molar-refractivity contribution >= 4 is 22.9 Å². The first-order valence-electron chi connectivity index (χ1n) is 8.98. The number of fused-ring (bicyclic) bond motifs is 1. The number of para-hydroxylation sites is 1. The molecule has 1 fully saturated rings. The average molecular weight is 364 g/mol. The van der Waals surface area contributed by atoms with E-state index in [4.69, 9.17) is 4.74 Å². The van der Waals surface area contributed by atoms with Crippen molar-refractivity contribution in [2.45, 2.75) is 38.5 Å². The van der Waals surface area contributed by atoms with Gasteiger partial charge in [-0.25, -0.2) is 9.48 Å². The molecule has 0 spiro atoms. The number of hydrogen-bond acceptors (Lipinski definition) is 5. The molecule has 1 aliphatic carbocycles. The van der Waals surface area contributed by atoms with Gasteiger partial charge >= 0.3 is 5.97 Å². The third kappa shape index (κ3) is 3.97. The van der Waals surface area contributed by atoms with E-state index in [9.17, 15) is 9.59 Å². The summed E-state index contributed by atoms with van der Waals surface area (Å²) in [6.07, 6.45) is 1.18. The first kappa shape index (κ1) is 17.2. The van der Waals surface area contributed by atoms with Crippen molar-refractivity contribution in [1.82, 2.24) is 20.3 Å². The van der Waals surface area contributed by atoms with E-state index in [2.05, 4.69) is 15.6 Å². The van der Waals surface area contributed by atoms with Crippen LogP contribution >= 0.6 is 0 Å². The second kappa shape index (κ2) is 7.19. The molecule has 0 bridgehead atoms. The maximum atomic E-state index is 12.2. The fourth-order valence-electron chi connectivity index (χ4n) is 2.78. The molecule has 7 nitrogen and oxygen atoms in total. The molecule has 1 heterocycles. The van der Waals surface area contributed by atoms with Gasteiger partial charge in [-0.15, -0.1) is 5.10 Å². The van der Waals surface area contributed by atoms with E-state index in [1.807, 2.05) is 41.1 Å². The Morgan fingerprint density at radius 1 is 1.19 bits per heavy atom. The highest BCUT2D eigenvalue weighted by Gasteiger charge is 2.27. The molecular formula is C20H20N4O3. The van der Waals surface area contributed by atoms with E-state index in [1.54, 1.807) is 19.1 Å². The van der Waals surface area contributed by atoms with E-state index in [1.165, 1.54) is 0 Å². The van der Waals surface area contributed by atoms with Gasteiger partial charge in [0.15, 0.2) is 6.10 Å². The summed E-state index contributed by atoms with van der Waals surface area (Å²) in [6.45, 7) is 2.13. The molecule has 0 saturated heterocycles. The number of carbonyl (C=O) groups excluding carboxylic acids is 2. The van der Waals surface area contributed by atoms with E-state index in [0.29, 0.717) is 12.1 Å². The van der Waals surface area contributed by atoms with Crippen LogP contribution in [0.2, 0.25) is 0 Å². The summed E-state index contributed by atoms with van der Waals surface area (Å²) in [7, 11) is 0. The lowest BCUT2D eigenvalue weighted by molar-refractivity contribution is -0.129. The van der Waals surface area contributed by atoms with E-state index in [0.717, 1.165) is 29.4 Å². The summed E-state index contributed by atoms with van der Waals surface area (Å²) >= 11 is 0. The number of hydrogen-bond donors (Lipinski definition) is 1. The highest BCUT2D eigenvalue weighted by atomic mass is 16.5. The second-order valence-electron chi connectivity index (χ2n) is 6.76. The van der Waals surface area contributed by atoms with Crippen LogP contribution in [0.1, 0.15) is 35.7 Å². The van der Waals surface area contributed by atoms with Gasteiger partial charge in [-0.3, -0.25) is 4.79 Å². The number of esters is 1. The zero-order valence-corrected chi connectivity index (χ0v) is 15.0. The van der Waals surface area contributed by atoms with Crippen molar-refractivity contribution in [2.24, 2.45) is 0 Å². The lowest BCUT2D eigenvalue weighted by Gasteiger charge is -2.13. The number of benzene rings is 2. The van der Waals surface area contributed by atoms with E-state index < -0.39 is 12.1 Å². The van der Waals surface area contributed by atoms with Crippen molar-refractivity contribution in [3.63, 3.8) is 0 Å². The summed E-state index contributed by atoms with van der Waals surface area (Å²) < 4.78 is 7.06. The number of ether oxygens (including phenoxy) is 1. The van der Waals surface area contributed by atoms with Crippen LogP contribution in [0.3, 0.4) is 0 Å². The molecule has 1 N–H and O–H groups in total. The molecule has 1 saturated carbocycles. The van der Waals surface area contributed by atoms with Crippen LogP contribution < -0.4 is 5.32 Å². The van der Waals surface area contributed by atoms with Crippen molar-refractivity contribution < 1.29 is 14.3 Å². The molecule has 1 aromatic heterocycles. The van der Waals surface area contributed by atoms with Crippen LogP contribution in [-0.2, 0) is 16.1 Å². The minimum Gasteiger partial charge on any atom is -0.449 e. The molecule has 0 radical (unpaired) electrons. The van der Waals surface area contributed by atoms with Crippen LogP contribution in [0.25, 0.3) is 11.0 Å². The van der Waals surface area contributed by atoms with Crippen molar-refractivity contribution in [2.75, 3.05) is 0 Å². The van der Waals surface area contributed by atoms with Gasteiger partial charge in [-0.1, -0.05) is 29.5 Å². The molecule has 138 valence electrons. The summed E-state index contributed by atoms with van der Waals surface area (Å²) in [5, 5.41) is 11.1. The van der Waals surface area contributed by atoms with Gasteiger partial charge in [0.25, 0.3) is 5.91 Å². The van der Waals surface area contributed by atoms with E-state index >= 15 is 0 Å². The van der Waals surface area contributed by atoms with Crippen molar-refractivity contribution in [3.8, 4) is 0 Å². The third-order valence-corrected chi connectivity index (χ3v) is 4.52. The lowest BCUT2D eigenvalue weighted by Crippen LogP contribution is -2.37. The second-order valence-corrected chi connectivity index (χ2v) is 6.76. The van der Waals surface area contributed by atoms with Crippen LogP contribution in [0, 0.1) is 0 Å². The summed E-state index contributed by atoms with van der Waals surface area (Å²) in [4.78, 5) is 24.1. The monoisotopic (exact) mass is 364 g/mol. The molecule has 27 heavy (non-hydrogen) atoms. The molecular weight excluding hydrogens is 344 g/mol. The number of aromatic nitrogens is 3. The Labute approximate surface area is 156 Å². The fourth-order valence-corrected chi connectivity index (χ4v) is 2.78. The van der Waals surface area contributed by atoms with Gasteiger partial charge in [0, 0.05) is 6.04 Å². The molecule has 0 aliphatic heterocycles. The Bertz CT molecular complexity index is 976. The van der Waals surface area contributed by atoms with Gasteiger partial charge in [0.05, 0.1) is 17.6 Å². The van der Waals surface area contributed by atoms with Crippen LogP contribution in [0.15, 0.2) is 48.5 Å². The predicted octanol–water partition coefficient (Wildman–Crippen LogP) is 2.30. The number of carbonyl (C=O) groups is 2. The Morgan fingerprint density at radius 2 is 1.93 bits per heavy atom. The lowest BCUT2D eigenvalue weighted by atomic mass is 10.1. The molecule has 3 aromatic rings. The van der Waals surface area contributed by atoms with E-state index in [-0.39, 0.29) is 11.9 Å². The molecule has 7 heteroatoms. The number of rotatable bonds is 6. The molecule has 2 aromatic carbocycles. The topological polar surface area (TPSA) is 86.1 Å². The van der Waals surface area contributed by atoms with Gasteiger partial charge in [-0.2, -0.15) is 0 Å². The molecule has 1 atom stereocenters. The van der Waals surface area contributed by atoms with Crippen molar-refractivity contribution in [3.05, 3.63) is 59.7 Å². The first-order valence-corrected chi connectivity index (χ1v) is 8.98. The normalized spacial score (nSPS) is 14.7. The highest BCUT2D eigenvalue weighted by molar-refractivity contribution is 5.92. The van der Waals surface area contributed by atoms with Crippen LogP contribution in [-0.4, -0.2) is 39.0 Å². The smallest absolute Gasteiger partial charge is 0.338 e. The molecule has 1 amide bonds. The van der Waals surface area contributed by atoms with Gasteiger partial charge in [-0.05, 0) is 49.6 Å². The SMILES string of the molecule is C[C@H](OC(=O)c1ccc(Cn2nnc3ccccc32)cc1)C(=O)NC1CC1. The Kier molecular flexibility index (Phi) is 4.58. The molecule has 0 unspecified atom stereocenters. The van der Waals surface area contributed by atoms with Gasteiger partial charge in [0.2, 0.25) is 0 Å². The van der Waals surface area contributed by atoms with Gasteiger partial charge < -0.3 is 10.1 Å². The fraction of sp³-hybridized carbons (Fsp3) is 0.300. The highest BCUT2D eigenvalue weighted by Crippen LogP contribution is 2.19. The number of amides is 1.